The highest BCUT2D eigenvalue weighted by molar-refractivity contribution is 7.92. The largest absolute Gasteiger partial charge is 0.352 e. The van der Waals surface area contributed by atoms with Crippen molar-refractivity contribution < 1.29 is 18.0 Å². The zero-order valence-electron chi connectivity index (χ0n) is 23.3. The number of rotatable bonds is 12. The zero-order chi connectivity index (χ0) is 27.7. The lowest BCUT2D eigenvalue weighted by Crippen LogP contribution is -2.51. The molecule has 2 aromatic rings. The fourth-order valence-corrected chi connectivity index (χ4v) is 6.23. The van der Waals surface area contributed by atoms with Crippen molar-refractivity contribution >= 4 is 27.5 Å². The quantitative estimate of drug-likeness (QED) is 0.405. The molecule has 0 unspecified atom stereocenters. The Labute approximate surface area is 228 Å². The summed E-state index contributed by atoms with van der Waals surface area (Å²) >= 11 is 0. The highest BCUT2D eigenvalue weighted by Gasteiger charge is 2.30. The summed E-state index contributed by atoms with van der Waals surface area (Å²) in [5.41, 5.74) is 3.43. The molecule has 1 saturated carbocycles. The highest BCUT2D eigenvalue weighted by Crippen LogP contribution is 2.25. The van der Waals surface area contributed by atoms with Gasteiger partial charge in [0.05, 0.1) is 11.9 Å². The third kappa shape index (κ3) is 8.32. The van der Waals surface area contributed by atoms with Gasteiger partial charge in [-0.2, -0.15) is 0 Å². The van der Waals surface area contributed by atoms with Crippen LogP contribution >= 0.6 is 0 Å². The highest BCUT2D eigenvalue weighted by atomic mass is 32.2. The van der Waals surface area contributed by atoms with Crippen LogP contribution in [0.3, 0.4) is 0 Å². The maximum Gasteiger partial charge on any atom is 0.243 e. The van der Waals surface area contributed by atoms with E-state index in [2.05, 4.69) is 5.32 Å². The molecule has 1 aliphatic rings. The minimum absolute atomic E-state index is 0.100. The summed E-state index contributed by atoms with van der Waals surface area (Å²) < 4.78 is 26.7. The minimum Gasteiger partial charge on any atom is -0.352 e. The average molecular weight is 542 g/mol. The van der Waals surface area contributed by atoms with Gasteiger partial charge in [-0.3, -0.25) is 13.9 Å². The van der Waals surface area contributed by atoms with Gasteiger partial charge in [0.25, 0.3) is 0 Å². The van der Waals surface area contributed by atoms with Crippen LogP contribution in [0.4, 0.5) is 5.69 Å². The third-order valence-electron chi connectivity index (χ3n) is 7.32. The van der Waals surface area contributed by atoms with E-state index in [1.807, 2.05) is 69.3 Å². The Bertz CT molecular complexity index is 1180. The molecule has 208 valence electrons. The lowest BCUT2D eigenvalue weighted by atomic mass is 9.95. The van der Waals surface area contributed by atoms with Crippen molar-refractivity contribution in [1.82, 2.24) is 10.2 Å². The first-order chi connectivity index (χ1) is 18.1. The molecule has 0 aliphatic heterocycles. The summed E-state index contributed by atoms with van der Waals surface area (Å²) in [5.74, 6) is -0.245. The average Bonchev–Trinajstić information content (AvgIpc) is 2.88. The number of aryl methyl sites for hydroxylation is 2. The van der Waals surface area contributed by atoms with Crippen molar-refractivity contribution in [2.24, 2.45) is 0 Å². The maximum absolute atomic E-state index is 13.6. The molecule has 8 heteroatoms. The monoisotopic (exact) mass is 541 g/mol. The molecule has 38 heavy (non-hydrogen) atoms. The summed E-state index contributed by atoms with van der Waals surface area (Å²) in [6, 6.07) is 15.0. The fourth-order valence-electron chi connectivity index (χ4n) is 5.21. The van der Waals surface area contributed by atoms with Crippen LogP contribution in [0, 0.1) is 13.8 Å². The standard InChI is InChI=1S/C30H43N3O4S/c1-5-27(30(35)31-26-15-10-7-11-16-26)32(22-25-13-8-6-9-14-25)29(34)17-12-20-33(38(4,36)37)28-21-23(2)18-19-24(28)3/h6,8-9,13-14,18-19,21,26-27H,5,7,10-12,15-17,20,22H2,1-4H3,(H,31,35)/t27-/m0/s1. The lowest BCUT2D eigenvalue weighted by molar-refractivity contribution is -0.141. The number of nitrogens with one attached hydrogen (secondary N) is 1. The number of anilines is 1. The Morgan fingerprint density at radius 1 is 1.03 bits per heavy atom. The molecule has 0 bridgehead atoms. The molecule has 1 fully saturated rings. The summed E-state index contributed by atoms with van der Waals surface area (Å²) in [4.78, 5) is 28.6. The van der Waals surface area contributed by atoms with Gasteiger partial charge in [0, 0.05) is 25.6 Å². The van der Waals surface area contributed by atoms with Crippen LogP contribution < -0.4 is 9.62 Å². The van der Waals surface area contributed by atoms with Gasteiger partial charge in [-0.25, -0.2) is 8.42 Å². The van der Waals surface area contributed by atoms with Gasteiger partial charge in [-0.1, -0.05) is 68.7 Å². The van der Waals surface area contributed by atoms with E-state index in [1.165, 1.54) is 17.0 Å². The van der Waals surface area contributed by atoms with Gasteiger partial charge in [0.15, 0.2) is 0 Å². The number of carbonyl (C=O) groups excluding carboxylic acids is 2. The van der Waals surface area contributed by atoms with Crippen LogP contribution in [0.5, 0.6) is 0 Å². The Morgan fingerprint density at radius 2 is 1.71 bits per heavy atom. The zero-order valence-corrected chi connectivity index (χ0v) is 24.1. The van der Waals surface area contributed by atoms with Crippen LogP contribution in [-0.4, -0.2) is 50.0 Å². The maximum atomic E-state index is 13.6. The SMILES string of the molecule is CC[C@@H](C(=O)NC1CCCCC1)N(Cc1ccccc1)C(=O)CCCN(c1cc(C)ccc1C)S(C)(=O)=O. The molecule has 0 heterocycles. The Balaban J connectivity index is 1.75. The number of nitrogens with zero attached hydrogens (tertiary/aromatic N) is 2. The van der Waals surface area contributed by atoms with E-state index in [-0.39, 0.29) is 30.8 Å². The predicted molar refractivity (Wildman–Crippen MR) is 153 cm³/mol. The van der Waals surface area contributed by atoms with Gasteiger partial charge in [-0.15, -0.1) is 0 Å². The molecule has 1 aliphatic carbocycles. The van der Waals surface area contributed by atoms with Crippen molar-refractivity contribution in [3.8, 4) is 0 Å². The number of hydrogen-bond acceptors (Lipinski definition) is 4. The number of carbonyl (C=O) groups is 2. The summed E-state index contributed by atoms with van der Waals surface area (Å²) in [7, 11) is -3.53. The van der Waals surface area contributed by atoms with Crippen molar-refractivity contribution in [1.29, 1.82) is 0 Å². The minimum atomic E-state index is -3.53. The third-order valence-corrected chi connectivity index (χ3v) is 8.50. The molecule has 0 saturated heterocycles. The van der Waals surface area contributed by atoms with Crippen molar-refractivity contribution in [2.75, 3.05) is 17.1 Å². The van der Waals surface area contributed by atoms with Gasteiger partial charge < -0.3 is 10.2 Å². The first kappa shape index (κ1) is 29.7. The van der Waals surface area contributed by atoms with E-state index in [0.717, 1.165) is 42.4 Å². The molecule has 7 nitrogen and oxygen atoms in total. The number of benzene rings is 2. The molecule has 0 spiro atoms. The van der Waals surface area contributed by atoms with E-state index < -0.39 is 16.1 Å². The van der Waals surface area contributed by atoms with E-state index in [4.69, 9.17) is 0 Å². The normalized spacial score (nSPS) is 15.1. The summed E-state index contributed by atoms with van der Waals surface area (Å²) in [5, 5.41) is 3.20. The van der Waals surface area contributed by atoms with E-state index >= 15 is 0 Å². The van der Waals surface area contributed by atoms with E-state index in [9.17, 15) is 18.0 Å². The smallest absolute Gasteiger partial charge is 0.243 e. The second kappa shape index (κ2) is 13.8. The summed E-state index contributed by atoms with van der Waals surface area (Å²) in [6.45, 7) is 6.28. The van der Waals surface area contributed by atoms with Gasteiger partial charge in [0.2, 0.25) is 21.8 Å². The molecule has 3 rings (SSSR count). The van der Waals surface area contributed by atoms with Crippen LogP contribution in [0.1, 0.15) is 75.0 Å². The topological polar surface area (TPSA) is 86.8 Å². The van der Waals surface area contributed by atoms with Crippen LogP contribution in [0.15, 0.2) is 48.5 Å². The Hall–Kier alpha value is -2.87. The van der Waals surface area contributed by atoms with Crippen LogP contribution in [0.25, 0.3) is 0 Å². The molecule has 0 aromatic heterocycles. The lowest BCUT2D eigenvalue weighted by Gasteiger charge is -2.33. The molecule has 1 atom stereocenters. The summed E-state index contributed by atoms with van der Waals surface area (Å²) in [6.07, 6.45) is 7.60. The van der Waals surface area contributed by atoms with Gasteiger partial charge in [-0.05, 0) is 62.3 Å². The van der Waals surface area contributed by atoms with E-state index in [1.54, 1.807) is 4.90 Å². The van der Waals surface area contributed by atoms with Gasteiger partial charge >= 0.3 is 0 Å². The molecule has 2 amide bonds. The fraction of sp³-hybridized carbons (Fsp3) is 0.533. The molecule has 1 N–H and O–H groups in total. The van der Waals surface area contributed by atoms with Crippen LogP contribution in [-0.2, 0) is 26.2 Å². The van der Waals surface area contributed by atoms with Crippen molar-refractivity contribution in [3.05, 3.63) is 65.2 Å². The first-order valence-electron chi connectivity index (χ1n) is 13.8. The number of hydrogen-bond donors (Lipinski definition) is 1. The van der Waals surface area contributed by atoms with Crippen molar-refractivity contribution in [2.45, 2.75) is 90.8 Å². The molecule has 2 aromatic carbocycles. The first-order valence-corrected chi connectivity index (χ1v) is 15.6. The number of amides is 2. The predicted octanol–water partition coefficient (Wildman–Crippen LogP) is 5.11. The molecular formula is C30H43N3O4S. The van der Waals surface area contributed by atoms with Gasteiger partial charge in [0.1, 0.15) is 6.04 Å². The second-order valence-corrected chi connectivity index (χ2v) is 12.4. The number of sulfonamides is 1. The second-order valence-electron chi connectivity index (χ2n) is 10.5. The Morgan fingerprint density at radius 3 is 2.34 bits per heavy atom. The molecular weight excluding hydrogens is 498 g/mol. The van der Waals surface area contributed by atoms with E-state index in [0.29, 0.717) is 25.1 Å². The Kier molecular flexibility index (Phi) is 10.8. The van der Waals surface area contributed by atoms with Crippen molar-refractivity contribution in [3.63, 3.8) is 0 Å². The van der Waals surface area contributed by atoms with Crippen LogP contribution in [0.2, 0.25) is 0 Å². The molecule has 0 radical (unpaired) electrons.